The maximum Gasteiger partial charge on any atom is 0.332 e. The molecule has 8 heteroatoms. The Morgan fingerprint density at radius 1 is 1.38 bits per heavy atom. The average Bonchev–Trinajstić information content (AvgIpc) is 2.40. The van der Waals surface area contributed by atoms with Crippen LogP contribution in [0.5, 0.6) is 0 Å². The first-order valence-electron chi connectivity index (χ1n) is 6.02. The van der Waals surface area contributed by atoms with Crippen LogP contribution in [0.4, 0.5) is 23.1 Å². The summed E-state index contributed by atoms with van der Waals surface area (Å²) >= 11 is 0. The van der Waals surface area contributed by atoms with E-state index in [0.717, 1.165) is 5.56 Å². The van der Waals surface area contributed by atoms with Crippen LogP contribution >= 0.6 is 0 Å². The van der Waals surface area contributed by atoms with Gasteiger partial charge in [0.2, 0.25) is 11.8 Å². The third-order valence-electron chi connectivity index (χ3n) is 2.76. The van der Waals surface area contributed by atoms with E-state index in [0.29, 0.717) is 12.1 Å². The molecular weight excluding hydrogens is 272 g/mol. The van der Waals surface area contributed by atoms with Gasteiger partial charge in [0.25, 0.3) is 0 Å². The van der Waals surface area contributed by atoms with Crippen molar-refractivity contribution in [3.8, 4) is 6.07 Å². The van der Waals surface area contributed by atoms with E-state index in [1.165, 1.54) is 6.92 Å². The monoisotopic (exact) mass is 284 g/mol. The molecule has 1 aromatic heterocycles. The van der Waals surface area contributed by atoms with Gasteiger partial charge in [-0.3, -0.25) is 10.1 Å². The summed E-state index contributed by atoms with van der Waals surface area (Å²) in [6.07, 6.45) is 0.306. The highest BCUT2D eigenvalue weighted by atomic mass is 16.6. The molecule has 0 saturated heterocycles. The molecule has 0 amide bonds. The number of aromatic nitrogens is 2. The van der Waals surface area contributed by atoms with Crippen LogP contribution < -0.4 is 11.1 Å². The molecule has 0 spiro atoms. The zero-order valence-electron chi connectivity index (χ0n) is 11.2. The molecule has 21 heavy (non-hydrogen) atoms. The summed E-state index contributed by atoms with van der Waals surface area (Å²) in [6, 6.07) is 8.99. The number of nitrogen functional groups attached to an aromatic ring is 1. The quantitative estimate of drug-likeness (QED) is 0.649. The lowest BCUT2D eigenvalue weighted by Gasteiger charge is -2.08. The number of nitro groups is 1. The maximum atomic E-state index is 11.1. The zero-order chi connectivity index (χ0) is 15.4. The Balaban J connectivity index is 2.35. The molecule has 0 unspecified atom stereocenters. The van der Waals surface area contributed by atoms with Crippen molar-refractivity contribution >= 4 is 23.1 Å². The van der Waals surface area contributed by atoms with E-state index in [1.807, 2.05) is 6.07 Å². The highest BCUT2D eigenvalue weighted by Crippen LogP contribution is 2.28. The lowest BCUT2D eigenvalue weighted by atomic mass is 10.1. The van der Waals surface area contributed by atoms with Gasteiger partial charge in [-0.05, 0) is 24.6 Å². The number of anilines is 3. The van der Waals surface area contributed by atoms with E-state index in [2.05, 4.69) is 15.3 Å². The van der Waals surface area contributed by atoms with Gasteiger partial charge in [-0.2, -0.15) is 10.2 Å². The molecule has 0 aliphatic heterocycles. The molecule has 2 rings (SSSR count). The molecular formula is C13H12N6O2. The molecule has 2 aromatic rings. The Bertz CT molecular complexity index is 721. The fourth-order valence-corrected chi connectivity index (χ4v) is 1.83. The standard InChI is InChI=1S/C13H12N6O2/c1-8-11(19(20)21)12(18-13(15)16-8)17-10-4-2-9(3-5-10)6-7-14/h2-5H,6H2,1H3,(H3,15,16,17,18). The van der Waals surface area contributed by atoms with Crippen molar-refractivity contribution in [3.63, 3.8) is 0 Å². The number of nitrogens with one attached hydrogen (secondary N) is 1. The summed E-state index contributed by atoms with van der Waals surface area (Å²) in [5.41, 5.74) is 6.96. The number of hydrogen-bond acceptors (Lipinski definition) is 7. The van der Waals surface area contributed by atoms with Gasteiger partial charge in [-0.1, -0.05) is 12.1 Å². The lowest BCUT2D eigenvalue weighted by Crippen LogP contribution is -2.07. The van der Waals surface area contributed by atoms with Crippen LogP contribution in [0.1, 0.15) is 11.3 Å². The third kappa shape index (κ3) is 3.22. The van der Waals surface area contributed by atoms with Gasteiger partial charge in [-0.15, -0.1) is 0 Å². The first kappa shape index (κ1) is 14.2. The molecule has 0 atom stereocenters. The Morgan fingerprint density at radius 3 is 2.62 bits per heavy atom. The number of rotatable bonds is 4. The van der Waals surface area contributed by atoms with Gasteiger partial charge in [0.1, 0.15) is 5.69 Å². The van der Waals surface area contributed by atoms with Crippen molar-refractivity contribution in [1.29, 1.82) is 5.26 Å². The molecule has 0 aliphatic carbocycles. The summed E-state index contributed by atoms with van der Waals surface area (Å²) in [7, 11) is 0. The molecule has 0 saturated carbocycles. The predicted molar refractivity (Wildman–Crippen MR) is 76.9 cm³/mol. The molecule has 1 heterocycles. The first-order valence-corrected chi connectivity index (χ1v) is 6.02. The van der Waals surface area contributed by atoms with Gasteiger partial charge < -0.3 is 11.1 Å². The number of benzene rings is 1. The topological polar surface area (TPSA) is 131 Å². The number of aryl methyl sites for hydroxylation is 1. The van der Waals surface area contributed by atoms with E-state index >= 15 is 0 Å². The van der Waals surface area contributed by atoms with Crippen LogP contribution in [-0.4, -0.2) is 14.9 Å². The minimum atomic E-state index is -0.554. The second-order valence-corrected chi connectivity index (χ2v) is 4.28. The fraction of sp³-hybridized carbons (Fsp3) is 0.154. The minimum absolute atomic E-state index is 0.0398. The molecule has 3 N–H and O–H groups in total. The molecule has 1 aromatic carbocycles. The Labute approximate surface area is 120 Å². The van der Waals surface area contributed by atoms with Crippen LogP contribution in [-0.2, 0) is 6.42 Å². The van der Waals surface area contributed by atoms with Gasteiger partial charge in [-0.25, -0.2) is 4.98 Å². The Hall–Kier alpha value is -3.21. The van der Waals surface area contributed by atoms with Crippen LogP contribution in [0.25, 0.3) is 0 Å². The van der Waals surface area contributed by atoms with Crippen molar-refractivity contribution in [2.45, 2.75) is 13.3 Å². The molecule has 0 aliphatic rings. The van der Waals surface area contributed by atoms with Gasteiger partial charge >= 0.3 is 5.69 Å². The van der Waals surface area contributed by atoms with E-state index < -0.39 is 4.92 Å². The number of hydrogen-bond donors (Lipinski definition) is 2. The van der Waals surface area contributed by atoms with Crippen LogP contribution in [0.2, 0.25) is 0 Å². The van der Waals surface area contributed by atoms with E-state index in [1.54, 1.807) is 24.3 Å². The van der Waals surface area contributed by atoms with Gasteiger partial charge in [0.05, 0.1) is 17.4 Å². The summed E-state index contributed by atoms with van der Waals surface area (Å²) in [4.78, 5) is 18.2. The molecule has 0 bridgehead atoms. The van der Waals surface area contributed by atoms with Gasteiger partial charge in [0.15, 0.2) is 0 Å². The molecule has 0 radical (unpaired) electrons. The second-order valence-electron chi connectivity index (χ2n) is 4.28. The summed E-state index contributed by atoms with van der Waals surface area (Å²) in [6.45, 7) is 1.50. The first-order chi connectivity index (χ1) is 10.0. The van der Waals surface area contributed by atoms with Crippen molar-refractivity contribution < 1.29 is 4.92 Å². The summed E-state index contributed by atoms with van der Waals surface area (Å²) < 4.78 is 0. The van der Waals surface area contributed by atoms with Crippen LogP contribution in [0, 0.1) is 28.4 Å². The SMILES string of the molecule is Cc1nc(N)nc(Nc2ccc(CC#N)cc2)c1[N+](=O)[O-]. The van der Waals surface area contributed by atoms with Crippen molar-refractivity contribution in [1.82, 2.24) is 9.97 Å². The number of nitrogens with two attached hydrogens (primary N) is 1. The number of nitrogens with zero attached hydrogens (tertiary/aromatic N) is 4. The van der Waals surface area contributed by atoms with E-state index in [9.17, 15) is 10.1 Å². The fourth-order valence-electron chi connectivity index (χ4n) is 1.83. The van der Waals surface area contributed by atoms with Crippen molar-refractivity contribution in [3.05, 3.63) is 45.6 Å². The summed E-state index contributed by atoms with van der Waals surface area (Å²) in [5, 5.41) is 22.6. The average molecular weight is 284 g/mol. The van der Waals surface area contributed by atoms with Crippen LogP contribution in [0.15, 0.2) is 24.3 Å². The Morgan fingerprint density at radius 2 is 2.05 bits per heavy atom. The largest absolute Gasteiger partial charge is 0.368 e. The Kier molecular flexibility index (Phi) is 3.95. The van der Waals surface area contributed by atoms with Crippen LogP contribution in [0.3, 0.4) is 0 Å². The molecule has 106 valence electrons. The zero-order valence-corrected chi connectivity index (χ0v) is 11.2. The molecule has 0 fully saturated rings. The lowest BCUT2D eigenvalue weighted by molar-refractivity contribution is -0.385. The number of nitriles is 1. The third-order valence-corrected chi connectivity index (χ3v) is 2.76. The predicted octanol–water partition coefficient (Wildman–Crippen LogP) is 2.09. The summed E-state index contributed by atoms with van der Waals surface area (Å²) in [5.74, 6) is -0.000246. The van der Waals surface area contributed by atoms with E-state index in [-0.39, 0.29) is 23.1 Å². The van der Waals surface area contributed by atoms with E-state index in [4.69, 9.17) is 11.0 Å². The van der Waals surface area contributed by atoms with Crippen molar-refractivity contribution in [2.24, 2.45) is 0 Å². The minimum Gasteiger partial charge on any atom is -0.368 e. The van der Waals surface area contributed by atoms with Gasteiger partial charge in [0, 0.05) is 5.69 Å². The maximum absolute atomic E-state index is 11.1. The highest BCUT2D eigenvalue weighted by molar-refractivity contribution is 5.68. The molecule has 8 nitrogen and oxygen atoms in total. The highest BCUT2D eigenvalue weighted by Gasteiger charge is 2.21. The normalized spacial score (nSPS) is 9.90. The smallest absolute Gasteiger partial charge is 0.332 e. The van der Waals surface area contributed by atoms with Crippen molar-refractivity contribution in [2.75, 3.05) is 11.1 Å². The second kappa shape index (κ2) is 5.83.